The molecule has 1 aromatic heterocycles. The summed E-state index contributed by atoms with van der Waals surface area (Å²) in [6.07, 6.45) is 6.98. The zero-order chi connectivity index (χ0) is 41.6. The predicted molar refractivity (Wildman–Crippen MR) is 217 cm³/mol. The van der Waals surface area contributed by atoms with Gasteiger partial charge in [-0.1, -0.05) is 0 Å². The summed E-state index contributed by atoms with van der Waals surface area (Å²) in [6, 6.07) is 5.56. The molecule has 2 saturated heterocycles. The van der Waals surface area contributed by atoms with Crippen molar-refractivity contribution in [2.24, 2.45) is 23.7 Å². The molecule has 322 valence electrons. The van der Waals surface area contributed by atoms with E-state index < -0.39 is 36.4 Å². The molecule has 4 aliphatic rings. The molecule has 3 atom stereocenters. The van der Waals surface area contributed by atoms with Crippen molar-refractivity contribution in [1.29, 1.82) is 0 Å². The van der Waals surface area contributed by atoms with E-state index in [0.717, 1.165) is 45.2 Å². The van der Waals surface area contributed by atoms with E-state index in [1.807, 2.05) is 0 Å². The number of hydrogen-bond donors (Lipinski definition) is 2. The third-order valence-electron chi connectivity index (χ3n) is 12.8. The highest BCUT2D eigenvalue weighted by molar-refractivity contribution is 6.00. The molecule has 1 aromatic carbocycles. The molecule has 0 bridgehead atoms. The van der Waals surface area contributed by atoms with Crippen molar-refractivity contribution in [2.45, 2.75) is 128 Å². The first kappa shape index (κ1) is 43.8. The number of rotatable bonds is 13. The quantitative estimate of drug-likeness (QED) is 0.158. The average Bonchev–Trinajstić information content (AvgIpc) is 3.83. The number of halogens is 1. The van der Waals surface area contributed by atoms with Gasteiger partial charge in [0.2, 0.25) is 17.6 Å². The first-order valence-corrected chi connectivity index (χ1v) is 21.4. The normalized spacial score (nSPS) is 27.2. The number of ether oxygens (including phenoxy) is 4. The number of methoxy groups -OCH3 is 1. The number of anilines is 1. The highest BCUT2D eigenvalue weighted by Gasteiger charge is 2.47. The Morgan fingerprint density at radius 2 is 1.72 bits per heavy atom. The van der Waals surface area contributed by atoms with Crippen LogP contribution in [-0.2, 0) is 28.5 Å². The Kier molecular flexibility index (Phi) is 14.4. The van der Waals surface area contributed by atoms with Gasteiger partial charge >= 0.3 is 12.1 Å². The zero-order valence-electron chi connectivity index (χ0n) is 35.3. The number of likely N-dealkylation sites (tertiary alicyclic amines) is 1. The number of carbonyl (C=O) groups is 4. The van der Waals surface area contributed by atoms with Gasteiger partial charge in [-0.05, 0) is 141 Å². The van der Waals surface area contributed by atoms with Crippen molar-refractivity contribution in [1.82, 2.24) is 15.1 Å². The summed E-state index contributed by atoms with van der Waals surface area (Å²) < 4.78 is 42.1. The fourth-order valence-corrected chi connectivity index (χ4v) is 9.62. The minimum Gasteiger partial charge on any atom is -0.460 e. The number of morpholine rings is 1. The van der Waals surface area contributed by atoms with E-state index in [4.69, 9.17) is 23.4 Å². The standard InChI is InChI=1S/C44H65FN4O9/c1-43(2,3)58-42(53)47-35(26-45)29-8-10-30(11-9-29)40(51)49-20-18-34(28-12-15-33(54-6)16-13-28)38(49)39(50)46-32-14-17-36-31(24-32)25-37(57-36)41(52)56-22-7-19-48-21-23-55-27-44(48,4)5/h14,17,24-25,28-30,33-35,38H,7-13,15-16,18-23,26-27H2,1-6H3,(H,46,50)(H,47,53)/t28?,29?,30?,33?,34-,35+,38+/m0/s1. The van der Waals surface area contributed by atoms with Crippen LogP contribution in [0.5, 0.6) is 0 Å². The minimum atomic E-state index is -0.714. The lowest BCUT2D eigenvalue weighted by Gasteiger charge is -2.42. The second-order valence-electron chi connectivity index (χ2n) is 18.4. The molecular weight excluding hydrogens is 748 g/mol. The van der Waals surface area contributed by atoms with Crippen LogP contribution in [0.25, 0.3) is 11.0 Å². The third-order valence-corrected chi connectivity index (χ3v) is 12.8. The molecule has 0 radical (unpaired) electrons. The van der Waals surface area contributed by atoms with E-state index in [9.17, 15) is 23.6 Å². The van der Waals surface area contributed by atoms with Crippen molar-refractivity contribution in [3.05, 3.63) is 30.0 Å². The number of fused-ring (bicyclic) bond motifs is 1. The molecule has 2 N–H and O–H groups in total. The van der Waals surface area contributed by atoms with Crippen LogP contribution in [0.4, 0.5) is 14.9 Å². The van der Waals surface area contributed by atoms with E-state index in [2.05, 4.69) is 29.4 Å². The van der Waals surface area contributed by atoms with Crippen molar-refractivity contribution in [3.63, 3.8) is 0 Å². The molecule has 14 heteroatoms. The van der Waals surface area contributed by atoms with Crippen LogP contribution in [-0.4, -0.2) is 116 Å². The third kappa shape index (κ3) is 10.9. The van der Waals surface area contributed by atoms with Crippen LogP contribution >= 0.6 is 0 Å². The maximum Gasteiger partial charge on any atom is 0.407 e. The number of carbonyl (C=O) groups excluding carboxylic acids is 4. The van der Waals surface area contributed by atoms with Crippen molar-refractivity contribution >= 4 is 40.5 Å². The molecule has 6 rings (SSSR count). The van der Waals surface area contributed by atoms with Crippen molar-refractivity contribution in [3.8, 4) is 0 Å². The van der Waals surface area contributed by atoms with Crippen LogP contribution in [0.3, 0.4) is 0 Å². The summed E-state index contributed by atoms with van der Waals surface area (Å²) in [6.45, 7) is 12.6. The van der Waals surface area contributed by atoms with Gasteiger partial charge in [0.25, 0.3) is 0 Å². The first-order valence-electron chi connectivity index (χ1n) is 21.4. The molecule has 2 aromatic rings. The van der Waals surface area contributed by atoms with Gasteiger partial charge in [-0.25, -0.2) is 14.0 Å². The van der Waals surface area contributed by atoms with Gasteiger partial charge in [0.05, 0.1) is 32.0 Å². The fourth-order valence-electron chi connectivity index (χ4n) is 9.62. The number of alkyl halides is 1. The van der Waals surface area contributed by atoms with Gasteiger partial charge in [-0.2, -0.15) is 0 Å². The van der Waals surface area contributed by atoms with E-state index in [0.29, 0.717) is 68.5 Å². The number of nitrogens with one attached hydrogen (secondary N) is 2. The molecule has 3 amide bonds. The van der Waals surface area contributed by atoms with Gasteiger partial charge in [0.15, 0.2) is 0 Å². The van der Waals surface area contributed by atoms with Gasteiger partial charge in [0, 0.05) is 49.3 Å². The maximum absolute atomic E-state index is 14.4. The highest BCUT2D eigenvalue weighted by Crippen LogP contribution is 2.42. The van der Waals surface area contributed by atoms with E-state index in [1.165, 1.54) is 0 Å². The number of furan rings is 1. The number of nitrogens with zero attached hydrogens (tertiary/aromatic N) is 2. The largest absolute Gasteiger partial charge is 0.460 e. The molecule has 3 heterocycles. The number of alkyl carbamates (subject to hydrolysis) is 1. The molecule has 58 heavy (non-hydrogen) atoms. The van der Waals surface area contributed by atoms with Gasteiger partial charge < -0.3 is 38.9 Å². The summed E-state index contributed by atoms with van der Waals surface area (Å²) in [5.74, 6) is -0.834. The molecule has 2 saturated carbocycles. The second-order valence-corrected chi connectivity index (χ2v) is 18.4. The Hall–Kier alpha value is -3.75. The SMILES string of the molecule is COC1CCC([C@@H]2CCN(C(=O)C3CCC([C@@H](CF)NC(=O)OC(C)(C)C)CC3)[C@H]2C(=O)Nc2ccc3oc(C(=O)OCCCN4CCOCC4(C)C)cc3c2)CC1. The summed E-state index contributed by atoms with van der Waals surface area (Å²) in [5, 5.41) is 6.46. The van der Waals surface area contributed by atoms with Crippen LogP contribution in [0.15, 0.2) is 28.7 Å². The van der Waals surface area contributed by atoms with Crippen LogP contribution < -0.4 is 10.6 Å². The van der Waals surface area contributed by atoms with E-state index in [-0.39, 0.29) is 59.5 Å². The maximum atomic E-state index is 14.4. The topological polar surface area (TPSA) is 149 Å². The summed E-state index contributed by atoms with van der Waals surface area (Å²) in [7, 11) is 1.74. The Morgan fingerprint density at radius 3 is 2.40 bits per heavy atom. The number of hydrogen-bond acceptors (Lipinski definition) is 10. The van der Waals surface area contributed by atoms with Gasteiger partial charge in [-0.15, -0.1) is 0 Å². The van der Waals surface area contributed by atoms with Crippen LogP contribution in [0.2, 0.25) is 0 Å². The molecule has 0 unspecified atom stereocenters. The predicted octanol–water partition coefficient (Wildman–Crippen LogP) is 7.12. The minimum absolute atomic E-state index is 0.000361. The van der Waals surface area contributed by atoms with Gasteiger partial charge in [0.1, 0.15) is 23.9 Å². The Labute approximate surface area is 342 Å². The number of amides is 3. The molecule has 0 spiro atoms. The highest BCUT2D eigenvalue weighted by atomic mass is 19.1. The van der Waals surface area contributed by atoms with Crippen molar-refractivity contribution < 1.29 is 46.9 Å². The molecule has 4 fully saturated rings. The Morgan fingerprint density at radius 1 is 0.983 bits per heavy atom. The lowest BCUT2D eigenvalue weighted by atomic mass is 9.75. The summed E-state index contributed by atoms with van der Waals surface area (Å²) in [4.78, 5) is 58.2. The monoisotopic (exact) mass is 812 g/mol. The van der Waals surface area contributed by atoms with Crippen LogP contribution in [0, 0.1) is 23.7 Å². The number of esters is 1. The van der Waals surface area contributed by atoms with Crippen LogP contribution in [0.1, 0.15) is 109 Å². The first-order chi connectivity index (χ1) is 27.7. The van der Waals surface area contributed by atoms with E-state index >= 15 is 0 Å². The van der Waals surface area contributed by atoms with Crippen molar-refractivity contribution in [2.75, 3.05) is 58.6 Å². The molecular formula is C44H65FN4O9. The smallest absolute Gasteiger partial charge is 0.407 e. The Balaban J connectivity index is 1.09. The molecule has 2 aliphatic carbocycles. The molecule has 13 nitrogen and oxygen atoms in total. The lowest BCUT2D eigenvalue weighted by Crippen LogP contribution is -2.53. The number of benzene rings is 1. The summed E-state index contributed by atoms with van der Waals surface area (Å²) >= 11 is 0. The van der Waals surface area contributed by atoms with Gasteiger partial charge in [-0.3, -0.25) is 14.5 Å². The molecule has 2 aliphatic heterocycles. The lowest BCUT2D eigenvalue weighted by molar-refractivity contribution is -0.142. The fraction of sp³-hybridized carbons (Fsp3) is 0.727. The zero-order valence-corrected chi connectivity index (χ0v) is 35.3. The Bertz CT molecular complexity index is 1730. The average molecular weight is 813 g/mol. The summed E-state index contributed by atoms with van der Waals surface area (Å²) in [5.41, 5.74) is 0.290. The second kappa shape index (κ2) is 19.1. The van der Waals surface area contributed by atoms with E-state index in [1.54, 1.807) is 57.0 Å².